The molecule has 2 aromatic rings. The summed E-state index contributed by atoms with van der Waals surface area (Å²) in [5.74, 6) is -0.375. The van der Waals surface area contributed by atoms with E-state index in [1.807, 2.05) is 19.2 Å². The van der Waals surface area contributed by atoms with Crippen LogP contribution >= 0.6 is 22.9 Å². The zero-order valence-corrected chi connectivity index (χ0v) is 10.9. The summed E-state index contributed by atoms with van der Waals surface area (Å²) in [5.41, 5.74) is 0.771. The van der Waals surface area contributed by atoms with Crippen LogP contribution in [0.3, 0.4) is 0 Å². The van der Waals surface area contributed by atoms with Gasteiger partial charge in [-0.05, 0) is 18.6 Å². The second kappa shape index (κ2) is 5.58. The molecule has 1 heterocycles. The monoisotopic (exact) mass is 270 g/mol. The lowest BCUT2D eigenvalue weighted by molar-refractivity contribution is 0.621. The summed E-state index contributed by atoms with van der Waals surface area (Å²) in [4.78, 5) is 5.33. The van der Waals surface area contributed by atoms with Crippen molar-refractivity contribution in [2.24, 2.45) is 0 Å². The second-order valence-electron chi connectivity index (χ2n) is 3.66. The molecular weight excluding hydrogens is 259 g/mol. The first-order chi connectivity index (χ1) is 8.16. The fourth-order valence-electron chi connectivity index (χ4n) is 1.49. The second-order valence-corrected chi connectivity index (χ2v) is 5.36. The van der Waals surface area contributed by atoms with Gasteiger partial charge in [0, 0.05) is 24.2 Å². The zero-order chi connectivity index (χ0) is 12.3. The lowest BCUT2D eigenvalue weighted by atomic mass is 10.2. The normalized spacial score (nSPS) is 10.8. The van der Waals surface area contributed by atoms with Gasteiger partial charge >= 0.3 is 0 Å². The summed E-state index contributed by atoms with van der Waals surface area (Å²) >= 11 is 7.50. The third kappa shape index (κ3) is 3.25. The molecule has 0 amide bonds. The van der Waals surface area contributed by atoms with Gasteiger partial charge in [0.05, 0.1) is 10.0 Å². The van der Waals surface area contributed by atoms with E-state index in [1.165, 1.54) is 6.07 Å². The predicted molar refractivity (Wildman–Crippen MR) is 68.8 cm³/mol. The highest BCUT2D eigenvalue weighted by Gasteiger charge is 2.05. The zero-order valence-electron chi connectivity index (χ0n) is 9.34. The Morgan fingerprint density at radius 1 is 1.41 bits per heavy atom. The third-order valence-electron chi connectivity index (χ3n) is 2.32. The molecule has 2 rings (SSSR count). The third-order valence-corrected chi connectivity index (χ3v) is 3.65. The first-order valence-electron chi connectivity index (χ1n) is 5.21. The lowest BCUT2D eigenvalue weighted by Gasteiger charge is -2.05. The summed E-state index contributed by atoms with van der Waals surface area (Å²) in [5, 5.41) is 4.46. The van der Waals surface area contributed by atoms with Crippen LogP contribution in [0.1, 0.15) is 15.4 Å². The maximum absolute atomic E-state index is 13.2. The molecule has 2 nitrogen and oxygen atoms in total. The van der Waals surface area contributed by atoms with E-state index in [-0.39, 0.29) is 10.8 Å². The molecule has 0 fully saturated rings. The van der Waals surface area contributed by atoms with Crippen molar-refractivity contribution in [3.05, 3.63) is 50.7 Å². The van der Waals surface area contributed by atoms with Gasteiger partial charge in [0.2, 0.25) is 0 Å². The molecular formula is C12H12ClFN2S. The van der Waals surface area contributed by atoms with Crippen LogP contribution in [0.25, 0.3) is 0 Å². The van der Waals surface area contributed by atoms with Gasteiger partial charge < -0.3 is 5.32 Å². The highest BCUT2D eigenvalue weighted by atomic mass is 35.5. The van der Waals surface area contributed by atoms with Crippen molar-refractivity contribution in [2.45, 2.75) is 20.0 Å². The van der Waals surface area contributed by atoms with Crippen LogP contribution < -0.4 is 5.32 Å². The van der Waals surface area contributed by atoms with Crippen molar-refractivity contribution < 1.29 is 4.39 Å². The van der Waals surface area contributed by atoms with Crippen LogP contribution in [-0.2, 0) is 13.1 Å². The smallest absolute Gasteiger partial charge is 0.142 e. The van der Waals surface area contributed by atoms with Crippen LogP contribution in [0.4, 0.5) is 4.39 Å². The van der Waals surface area contributed by atoms with E-state index in [0.29, 0.717) is 6.54 Å². The molecule has 5 heteroatoms. The fourth-order valence-corrected chi connectivity index (χ4v) is 2.45. The Hall–Kier alpha value is -0.970. The average Bonchev–Trinajstić information content (AvgIpc) is 2.70. The number of rotatable bonds is 4. The van der Waals surface area contributed by atoms with Gasteiger partial charge in [-0.1, -0.05) is 23.7 Å². The summed E-state index contributed by atoms with van der Waals surface area (Å²) < 4.78 is 13.2. The van der Waals surface area contributed by atoms with Crippen LogP contribution in [-0.4, -0.2) is 4.98 Å². The number of hydrogen-bond donors (Lipinski definition) is 1. The number of benzene rings is 1. The average molecular weight is 271 g/mol. The number of aryl methyl sites for hydroxylation is 1. The lowest BCUT2D eigenvalue weighted by Crippen LogP contribution is -2.12. The van der Waals surface area contributed by atoms with Crippen LogP contribution in [0, 0.1) is 12.7 Å². The molecule has 0 unspecified atom stereocenters. The standard InChI is InChI=1S/C12H12ClFN2S/c1-8-16-7-10(17-8)6-15-5-9-3-2-4-11(14)12(9)13/h2-4,7,15H,5-6H2,1H3. The van der Waals surface area contributed by atoms with E-state index in [1.54, 1.807) is 17.4 Å². The van der Waals surface area contributed by atoms with E-state index in [4.69, 9.17) is 11.6 Å². The Balaban J connectivity index is 1.92. The van der Waals surface area contributed by atoms with Crippen LogP contribution in [0.15, 0.2) is 24.4 Å². The SMILES string of the molecule is Cc1ncc(CNCc2cccc(F)c2Cl)s1. The number of hydrogen-bond acceptors (Lipinski definition) is 3. The van der Waals surface area contributed by atoms with Gasteiger partial charge in [0.1, 0.15) is 5.82 Å². The molecule has 0 atom stereocenters. The first kappa shape index (κ1) is 12.5. The van der Waals surface area contributed by atoms with Gasteiger partial charge in [-0.2, -0.15) is 0 Å². The molecule has 0 aliphatic carbocycles. The van der Waals surface area contributed by atoms with E-state index in [0.717, 1.165) is 22.0 Å². The van der Waals surface area contributed by atoms with E-state index >= 15 is 0 Å². The van der Waals surface area contributed by atoms with Crippen molar-refractivity contribution in [1.82, 2.24) is 10.3 Å². The van der Waals surface area contributed by atoms with Gasteiger partial charge in [-0.3, -0.25) is 0 Å². The molecule has 0 spiro atoms. The molecule has 90 valence electrons. The molecule has 0 aliphatic rings. The summed E-state index contributed by atoms with van der Waals surface area (Å²) in [6, 6.07) is 4.84. The Labute approximate surface area is 108 Å². The number of aromatic nitrogens is 1. The maximum atomic E-state index is 13.2. The highest BCUT2D eigenvalue weighted by molar-refractivity contribution is 7.11. The predicted octanol–water partition coefficient (Wildman–Crippen LogP) is 3.53. The molecule has 17 heavy (non-hydrogen) atoms. The molecule has 0 saturated heterocycles. The molecule has 1 aromatic carbocycles. The minimum Gasteiger partial charge on any atom is -0.308 e. The van der Waals surface area contributed by atoms with Crippen LogP contribution in [0.2, 0.25) is 5.02 Å². The van der Waals surface area contributed by atoms with E-state index in [9.17, 15) is 4.39 Å². The topological polar surface area (TPSA) is 24.9 Å². The Morgan fingerprint density at radius 3 is 2.94 bits per heavy atom. The summed E-state index contributed by atoms with van der Waals surface area (Å²) in [7, 11) is 0. The van der Waals surface area contributed by atoms with Crippen molar-refractivity contribution >= 4 is 22.9 Å². The van der Waals surface area contributed by atoms with Crippen LogP contribution in [0.5, 0.6) is 0 Å². The first-order valence-corrected chi connectivity index (χ1v) is 6.41. The van der Waals surface area contributed by atoms with Crippen molar-refractivity contribution in [1.29, 1.82) is 0 Å². The minimum atomic E-state index is -0.375. The number of halogens is 2. The Kier molecular flexibility index (Phi) is 4.10. The molecule has 1 aromatic heterocycles. The number of nitrogens with one attached hydrogen (secondary N) is 1. The summed E-state index contributed by atoms with van der Waals surface area (Å²) in [6.07, 6.45) is 1.85. The maximum Gasteiger partial charge on any atom is 0.142 e. The number of thiazole rings is 1. The Morgan fingerprint density at radius 2 is 2.24 bits per heavy atom. The Bertz CT molecular complexity index is 513. The van der Waals surface area contributed by atoms with Gasteiger partial charge in [0.25, 0.3) is 0 Å². The molecule has 0 radical (unpaired) electrons. The van der Waals surface area contributed by atoms with Crippen molar-refractivity contribution in [3.63, 3.8) is 0 Å². The molecule has 0 bridgehead atoms. The molecule has 0 saturated carbocycles. The van der Waals surface area contributed by atoms with E-state index in [2.05, 4.69) is 10.3 Å². The number of nitrogens with zero attached hydrogens (tertiary/aromatic N) is 1. The fraction of sp³-hybridized carbons (Fsp3) is 0.250. The quantitative estimate of drug-likeness (QED) is 0.919. The minimum absolute atomic E-state index is 0.195. The molecule has 0 aliphatic heterocycles. The summed E-state index contributed by atoms with van der Waals surface area (Å²) in [6.45, 7) is 3.24. The van der Waals surface area contributed by atoms with E-state index < -0.39 is 0 Å². The largest absolute Gasteiger partial charge is 0.308 e. The van der Waals surface area contributed by atoms with Crippen molar-refractivity contribution in [3.8, 4) is 0 Å². The van der Waals surface area contributed by atoms with Gasteiger partial charge in [-0.25, -0.2) is 9.37 Å². The van der Waals surface area contributed by atoms with Crippen molar-refractivity contribution in [2.75, 3.05) is 0 Å². The van der Waals surface area contributed by atoms with Gasteiger partial charge in [0.15, 0.2) is 0 Å². The highest BCUT2D eigenvalue weighted by Crippen LogP contribution is 2.19. The van der Waals surface area contributed by atoms with Gasteiger partial charge in [-0.15, -0.1) is 11.3 Å². The molecule has 1 N–H and O–H groups in total.